The number of anilines is 1. The Bertz CT molecular complexity index is 408. The summed E-state index contributed by atoms with van der Waals surface area (Å²) in [5, 5.41) is 17.6. The molecule has 1 aromatic carbocycles. The zero-order valence-corrected chi connectivity index (χ0v) is 10.1. The van der Waals surface area contributed by atoms with Crippen molar-refractivity contribution in [2.24, 2.45) is 0 Å². The number of carboxylic acid groups (broad SMARTS) is 1. The zero-order valence-electron chi connectivity index (χ0n) is 10.1. The fourth-order valence-electron chi connectivity index (χ4n) is 1.46. The van der Waals surface area contributed by atoms with E-state index < -0.39 is 18.5 Å². The summed E-state index contributed by atoms with van der Waals surface area (Å²) >= 11 is 0. The quantitative estimate of drug-likeness (QED) is 0.805. The standard InChI is InChI=1S/C12H16N2O4/c1-13(7-8-15)12(18)14(9-11(16)17)10-5-3-2-4-6-10/h2-6,15H,7-9H2,1H3,(H,16,17). The van der Waals surface area contributed by atoms with Crippen molar-refractivity contribution in [1.29, 1.82) is 0 Å². The lowest BCUT2D eigenvalue weighted by molar-refractivity contribution is -0.135. The summed E-state index contributed by atoms with van der Waals surface area (Å²) in [6.45, 7) is -0.432. The van der Waals surface area contributed by atoms with Gasteiger partial charge in [0.15, 0.2) is 0 Å². The SMILES string of the molecule is CN(CCO)C(=O)N(CC(=O)O)c1ccccc1. The Hall–Kier alpha value is -2.08. The number of carboxylic acids is 1. The van der Waals surface area contributed by atoms with Crippen LogP contribution in [-0.2, 0) is 4.79 Å². The van der Waals surface area contributed by atoms with E-state index in [1.54, 1.807) is 30.3 Å². The van der Waals surface area contributed by atoms with Gasteiger partial charge < -0.3 is 15.1 Å². The molecule has 0 spiro atoms. The Morgan fingerprint density at radius 1 is 1.22 bits per heavy atom. The molecule has 0 heterocycles. The van der Waals surface area contributed by atoms with E-state index in [1.165, 1.54) is 11.9 Å². The number of carbonyl (C=O) groups is 2. The van der Waals surface area contributed by atoms with Crippen LogP contribution < -0.4 is 4.90 Å². The number of rotatable bonds is 5. The lowest BCUT2D eigenvalue weighted by atomic mass is 10.3. The molecule has 0 fully saturated rings. The summed E-state index contributed by atoms with van der Waals surface area (Å²) in [4.78, 5) is 25.3. The van der Waals surface area contributed by atoms with E-state index in [2.05, 4.69) is 0 Å². The van der Waals surface area contributed by atoms with Gasteiger partial charge in [0.25, 0.3) is 0 Å². The lowest BCUT2D eigenvalue weighted by Gasteiger charge is -2.26. The second-order valence-electron chi connectivity index (χ2n) is 3.74. The van der Waals surface area contributed by atoms with Gasteiger partial charge in [0.05, 0.1) is 6.61 Å². The first kappa shape index (κ1) is 14.0. The fraction of sp³-hybridized carbons (Fsp3) is 0.333. The molecular weight excluding hydrogens is 236 g/mol. The number of nitrogens with zero attached hydrogens (tertiary/aromatic N) is 2. The Balaban J connectivity index is 2.91. The summed E-state index contributed by atoms with van der Waals surface area (Å²) in [5.74, 6) is -1.09. The van der Waals surface area contributed by atoms with Gasteiger partial charge in [-0.25, -0.2) is 4.79 Å². The van der Waals surface area contributed by atoms with Crippen LogP contribution in [0.1, 0.15) is 0 Å². The van der Waals surface area contributed by atoms with Crippen LogP contribution in [-0.4, -0.2) is 53.9 Å². The van der Waals surface area contributed by atoms with E-state index in [4.69, 9.17) is 10.2 Å². The number of aliphatic carboxylic acids is 1. The van der Waals surface area contributed by atoms with Crippen molar-refractivity contribution in [3.05, 3.63) is 30.3 Å². The summed E-state index contributed by atoms with van der Waals surface area (Å²) in [6.07, 6.45) is 0. The van der Waals surface area contributed by atoms with Crippen molar-refractivity contribution in [1.82, 2.24) is 4.90 Å². The Morgan fingerprint density at radius 2 is 1.83 bits per heavy atom. The van der Waals surface area contributed by atoms with E-state index in [1.807, 2.05) is 0 Å². The molecule has 18 heavy (non-hydrogen) atoms. The molecule has 6 nitrogen and oxygen atoms in total. The number of aliphatic hydroxyl groups excluding tert-OH is 1. The number of hydrogen-bond acceptors (Lipinski definition) is 3. The highest BCUT2D eigenvalue weighted by molar-refractivity contribution is 5.96. The van der Waals surface area contributed by atoms with E-state index in [9.17, 15) is 9.59 Å². The van der Waals surface area contributed by atoms with Crippen LogP contribution in [0.15, 0.2) is 30.3 Å². The van der Waals surface area contributed by atoms with Gasteiger partial charge in [0.1, 0.15) is 6.54 Å². The number of likely N-dealkylation sites (N-methyl/N-ethyl adjacent to an activating group) is 1. The van der Waals surface area contributed by atoms with E-state index in [0.29, 0.717) is 5.69 Å². The molecule has 2 amide bonds. The number of amides is 2. The van der Waals surface area contributed by atoms with Crippen LogP contribution in [0.25, 0.3) is 0 Å². The highest BCUT2D eigenvalue weighted by Gasteiger charge is 2.21. The largest absolute Gasteiger partial charge is 0.480 e. The minimum absolute atomic E-state index is 0.155. The molecule has 0 bridgehead atoms. The van der Waals surface area contributed by atoms with Gasteiger partial charge in [-0.1, -0.05) is 18.2 Å². The van der Waals surface area contributed by atoms with Crippen LogP contribution in [0.5, 0.6) is 0 Å². The normalized spacial score (nSPS) is 9.89. The third kappa shape index (κ3) is 3.74. The van der Waals surface area contributed by atoms with Gasteiger partial charge in [0, 0.05) is 19.3 Å². The molecule has 0 aliphatic carbocycles. The van der Waals surface area contributed by atoms with Crippen LogP contribution in [0.2, 0.25) is 0 Å². The topological polar surface area (TPSA) is 81.1 Å². The lowest BCUT2D eigenvalue weighted by Crippen LogP contribution is -2.44. The third-order valence-corrected chi connectivity index (χ3v) is 2.35. The highest BCUT2D eigenvalue weighted by Crippen LogP contribution is 2.14. The fourth-order valence-corrected chi connectivity index (χ4v) is 1.46. The molecule has 0 aromatic heterocycles. The number of benzene rings is 1. The summed E-state index contributed by atoms with van der Waals surface area (Å²) in [6, 6.07) is 8.09. The smallest absolute Gasteiger partial charge is 0.324 e. The average Bonchev–Trinajstić information content (AvgIpc) is 2.36. The maximum absolute atomic E-state index is 12.0. The maximum atomic E-state index is 12.0. The Labute approximate surface area is 105 Å². The third-order valence-electron chi connectivity index (χ3n) is 2.35. The Kier molecular flexibility index (Phi) is 5.13. The molecule has 0 saturated carbocycles. The molecule has 0 aliphatic heterocycles. The average molecular weight is 252 g/mol. The van der Waals surface area contributed by atoms with Gasteiger partial charge in [-0.2, -0.15) is 0 Å². The second kappa shape index (κ2) is 6.61. The summed E-state index contributed by atoms with van der Waals surface area (Å²) in [7, 11) is 1.51. The van der Waals surface area contributed by atoms with Crippen molar-refractivity contribution in [2.75, 3.05) is 31.6 Å². The first-order valence-electron chi connectivity index (χ1n) is 5.46. The monoisotopic (exact) mass is 252 g/mol. The van der Waals surface area contributed by atoms with Crippen molar-refractivity contribution in [2.45, 2.75) is 0 Å². The van der Waals surface area contributed by atoms with Crippen LogP contribution in [0.3, 0.4) is 0 Å². The highest BCUT2D eigenvalue weighted by atomic mass is 16.4. The van der Waals surface area contributed by atoms with Gasteiger partial charge in [0.2, 0.25) is 0 Å². The summed E-state index contributed by atoms with van der Waals surface area (Å²) in [5.41, 5.74) is 0.509. The van der Waals surface area contributed by atoms with Crippen molar-refractivity contribution >= 4 is 17.7 Å². The molecule has 6 heteroatoms. The molecule has 0 saturated heterocycles. The van der Waals surface area contributed by atoms with Crippen molar-refractivity contribution in [3.8, 4) is 0 Å². The molecule has 98 valence electrons. The minimum Gasteiger partial charge on any atom is -0.480 e. The summed E-state index contributed by atoms with van der Waals surface area (Å²) < 4.78 is 0. The van der Waals surface area contributed by atoms with Gasteiger partial charge >= 0.3 is 12.0 Å². The molecule has 1 rings (SSSR count). The van der Waals surface area contributed by atoms with Crippen LogP contribution >= 0.6 is 0 Å². The maximum Gasteiger partial charge on any atom is 0.324 e. The Morgan fingerprint density at radius 3 is 2.33 bits per heavy atom. The minimum atomic E-state index is -1.09. The van der Waals surface area contributed by atoms with E-state index in [0.717, 1.165) is 4.90 Å². The second-order valence-corrected chi connectivity index (χ2v) is 3.74. The zero-order chi connectivity index (χ0) is 13.5. The predicted molar refractivity (Wildman–Crippen MR) is 66.5 cm³/mol. The van der Waals surface area contributed by atoms with Crippen LogP contribution in [0.4, 0.5) is 10.5 Å². The molecule has 0 atom stereocenters. The molecule has 0 radical (unpaired) electrons. The van der Waals surface area contributed by atoms with E-state index >= 15 is 0 Å². The predicted octanol–water partition coefficient (Wildman–Crippen LogP) is 0.622. The number of para-hydroxylation sites is 1. The van der Waals surface area contributed by atoms with Crippen molar-refractivity contribution in [3.63, 3.8) is 0 Å². The number of hydrogen-bond donors (Lipinski definition) is 2. The first-order valence-corrected chi connectivity index (χ1v) is 5.46. The van der Waals surface area contributed by atoms with Crippen molar-refractivity contribution < 1.29 is 19.8 Å². The van der Waals surface area contributed by atoms with Crippen LogP contribution in [0, 0.1) is 0 Å². The number of carbonyl (C=O) groups excluding carboxylic acids is 1. The molecule has 2 N–H and O–H groups in total. The molecule has 0 aliphatic rings. The van der Waals surface area contributed by atoms with Gasteiger partial charge in [-0.15, -0.1) is 0 Å². The van der Waals surface area contributed by atoms with Gasteiger partial charge in [-0.05, 0) is 12.1 Å². The van der Waals surface area contributed by atoms with E-state index in [-0.39, 0.29) is 13.2 Å². The van der Waals surface area contributed by atoms with Gasteiger partial charge in [-0.3, -0.25) is 9.69 Å². The molecule has 1 aromatic rings. The number of aliphatic hydroxyl groups is 1. The molecule has 0 unspecified atom stereocenters. The number of urea groups is 1. The molecular formula is C12H16N2O4. The first-order chi connectivity index (χ1) is 8.56.